The molecular formula is C35H40N4O4. The molecule has 4 aromatic rings. The molecule has 0 spiro atoms. The molecule has 4 rings (SSSR count). The maximum Gasteiger partial charge on any atom is 0.305 e. The van der Waals surface area contributed by atoms with Gasteiger partial charge in [-0.25, -0.2) is 4.98 Å². The van der Waals surface area contributed by atoms with E-state index in [1.165, 1.54) is 10.9 Å². The first-order chi connectivity index (χ1) is 20.7. The number of aryl methyl sites for hydroxylation is 1. The van der Waals surface area contributed by atoms with E-state index in [0.717, 1.165) is 34.3 Å². The number of anilines is 1. The van der Waals surface area contributed by atoms with Crippen LogP contribution in [0, 0.1) is 6.92 Å². The first-order valence-electron chi connectivity index (χ1n) is 14.8. The highest BCUT2D eigenvalue weighted by molar-refractivity contribution is 5.98. The summed E-state index contributed by atoms with van der Waals surface area (Å²) in [5.41, 5.74) is 5.20. The predicted molar refractivity (Wildman–Crippen MR) is 171 cm³/mol. The van der Waals surface area contributed by atoms with Crippen LogP contribution < -0.4 is 16.0 Å². The molecule has 3 aromatic carbocycles. The molecule has 0 aliphatic carbocycles. The van der Waals surface area contributed by atoms with Gasteiger partial charge >= 0.3 is 5.97 Å². The van der Waals surface area contributed by atoms with Gasteiger partial charge < -0.3 is 21.1 Å². The second-order valence-electron chi connectivity index (χ2n) is 11.1. The van der Waals surface area contributed by atoms with Crippen LogP contribution in [0.1, 0.15) is 68.2 Å². The van der Waals surface area contributed by atoms with Gasteiger partial charge in [0.15, 0.2) is 0 Å². The Morgan fingerprint density at radius 1 is 0.884 bits per heavy atom. The summed E-state index contributed by atoms with van der Waals surface area (Å²) in [5, 5.41) is 20.5. The third-order valence-electron chi connectivity index (χ3n) is 7.42. The van der Waals surface area contributed by atoms with E-state index in [0.29, 0.717) is 30.9 Å². The maximum absolute atomic E-state index is 12.7. The van der Waals surface area contributed by atoms with Gasteiger partial charge in [-0.05, 0) is 76.4 Å². The number of rotatable bonds is 14. The SMILES string of the molecule is Cc1ccnc(NCCCCC(=O)NCC(=O)NC(CC(=O)O)c2ccc(-c3ccc(C(C)C)c4ccccc34)cc2)c1. The Morgan fingerprint density at radius 3 is 2.33 bits per heavy atom. The van der Waals surface area contributed by atoms with Crippen LogP contribution in [0.4, 0.5) is 5.82 Å². The molecule has 224 valence electrons. The molecule has 0 saturated carbocycles. The average molecular weight is 581 g/mol. The van der Waals surface area contributed by atoms with Crippen LogP contribution in [0.3, 0.4) is 0 Å². The molecule has 1 heterocycles. The normalized spacial score (nSPS) is 11.7. The van der Waals surface area contributed by atoms with Gasteiger partial charge in [0.2, 0.25) is 11.8 Å². The number of nitrogens with zero attached hydrogens (tertiary/aromatic N) is 1. The van der Waals surface area contributed by atoms with E-state index < -0.39 is 17.9 Å². The Kier molecular flexibility index (Phi) is 10.9. The molecule has 0 aliphatic heterocycles. The van der Waals surface area contributed by atoms with Crippen molar-refractivity contribution in [2.45, 2.75) is 58.4 Å². The van der Waals surface area contributed by atoms with Gasteiger partial charge in [0.25, 0.3) is 0 Å². The van der Waals surface area contributed by atoms with Crippen molar-refractivity contribution in [2.24, 2.45) is 0 Å². The van der Waals surface area contributed by atoms with Gasteiger partial charge in [-0.15, -0.1) is 0 Å². The van der Waals surface area contributed by atoms with Crippen molar-refractivity contribution in [3.8, 4) is 11.1 Å². The van der Waals surface area contributed by atoms with Crippen molar-refractivity contribution in [1.82, 2.24) is 15.6 Å². The van der Waals surface area contributed by atoms with Crippen LogP contribution in [0.2, 0.25) is 0 Å². The molecule has 1 unspecified atom stereocenters. The fraction of sp³-hybridized carbons (Fsp3) is 0.314. The van der Waals surface area contributed by atoms with Crippen molar-refractivity contribution in [3.05, 3.63) is 95.7 Å². The summed E-state index contributed by atoms with van der Waals surface area (Å²) in [6.07, 6.45) is 3.22. The number of aliphatic carboxylic acids is 1. The summed E-state index contributed by atoms with van der Waals surface area (Å²) in [5.74, 6) is -0.482. The van der Waals surface area contributed by atoms with Gasteiger partial charge in [0, 0.05) is 19.2 Å². The highest BCUT2D eigenvalue weighted by atomic mass is 16.4. The van der Waals surface area contributed by atoms with Gasteiger partial charge in [0.05, 0.1) is 19.0 Å². The second kappa shape index (κ2) is 15.0. The summed E-state index contributed by atoms with van der Waals surface area (Å²) in [6, 6.07) is 23.4. The number of pyridine rings is 1. The summed E-state index contributed by atoms with van der Waals surface area (Å²) in [6.45, 7) is 6.85. The first kappa shape index (κ1) is 31.2. The van der Waals surface area contributed by atoms with Crippen LogP contribution in [-0.4, -0.2) is 41.0 Å². The van der Waals surface area contributed by atoms with Crippen molar-refractivity contribution < 1.29 is 19.5 Å². The third kappa shape index (κ3) is 8.88. The molecule has 8 heteroatoms. The summed E-state index contributed by atoms with van der Waals surface area (Å²) >= 11 is 0. The van der Waals surface area contributed by atoms with Crippen molar-refractivity contribution in [2.75, 3.05) is 18.4 Å². The van der Waals surface area contributed by atoms with Crippen LogP contribution in [0.15, 0.2) is 79.0 Å². The smallest absolute Gasteiger partial charge is 0.305 e. The zero-order valence-corrected chi connectivity index (χ0v) is 25.0. The first-order valence-corrected chi connectivity index (χ1v) is 14.8. The predicted octanol–water partition coefficient (Wildman–Crippen LogP) is 6.36. The van der Waals surface area contributed by atoms with E-state index in [1.807, 2.05) is 55.5 Å². The van der Waals surface area contributed by atoms with Gasteiger partial charge in [-0.3, -0.25) is 14.4 Å². The van der Waals surface area contributed by atoms with Crippen LogP contribution in [0.25, 0.3) is 21.9 Å². The molecule has 0 aliphatic rings. The van der Waals surface area contributed by atoms with Crippen molar-refractivity contribution >= 4 is 34.4 Å². The Hall–Kier alpha value is -4.72. The number of carboxylic acids is 1. The van der Waals surface area contributed by atoms with Crippen LogP contribution >= 0.6 is 0 Å². The average Bonchev–Trinajstić information content (AvgIpc) is 2.99. The standard InChI is InChI=1S/C35H40N4O4/c1-23(2)27-15-16-28(30-9-5-4-8-29(27)30)25-11-13-26(14-12-25)31(21-35(42)43)39-34(41)22-38-33(40)10-6-7-18-36-32-20-24(3)17-19-37-32/h4-5,8-9,11-17,19-20,23,31H,6-7,10,18,21-22H2,1-3H3,(H,36,37)(H,38,40)(H,39,41)(H,42,43). The van der Waals surface area contributed by atoms with Gasteiger partial charge in [-0.1, -0.05) is 74.5 Å². The molecule has 0 fully saturated rings. The number of aromatic nitrogens is 1. The number of hydrogen-bond donors (Lipinski definition) is 4. The Labute approximate surface area is 252 Å². The lowest BCUT2D eigenvalue weighted by Crippen LogP contribution is -2.39. The molecule has 1 atom stereocenters. The third-order valence-corrected chi connectivity index (χ3v) is 7.42. The van der Waals surface area contributed by atoms with Crippen LogP contribution in [0.5, 0.6) is 0 Å². The lowest BCUT2D eigenvalue weighted by molar-refractivity contribution is -0.138. The number of hydrogen-bond acceptors (Lipinski definition) is 5. The molecule has 43 heavy (non-hydrogen) atoms. The van der Waals surface area contributed by atoms with E-state index in [-0.39, 0.29) is 18.9 Å². The molecular weight excluding hydrogens is 540 g/mol. The lowest BCUT2D eigenvalue weighted by atomic mass is 9.90. The van der Waals surface area contributed by atoms with E-state index >= 15 is 0 Å². The summed E-state index contributed by atoms with van der Waals surface area (Å²) in [7, 11) is 0. The summed E-state index contributed by atoms with van der Waals surface area (Å²) in [4.78, 5) is 40.8. The molecule has 0 bridgehead atoms. The van der Waals surface area contributed by atoms with Crippen LogP contribution in [-0.2, 0) is 14.4 Å². The molecule has 4 N–H and O–H groups in total. The number of carbonyl (C=O) groups excluding carboxylic acids is 2. The number of fused-ring (bicyclic) bond motifs is 1. The number of unbranched alkanes of at least 4 members (excludes halogenated alkanes) is 1. The minimum atomic E-state index is -1.02. The minimum absolute atomic E-state index is 0.216. The molecule has 2 amide bonds. The quantitative estimate of drug-likeness (QED) is 0.129. The van der Waals surface area contributed by atoms with Crippen molar-refractivity contribution in [3.63, 3.8) is 0 Å². The van der Waals surface area contributed by atoms with Gasteiger partial charge in [0.1, 0.15) is 5.82 Å². The fourth-order valence-corrected chi connectivity index (χ4v) is 5.17. The fourth-order valence-electron chi connectivity index (χ4n) is 5.17. The van der Waals surface area contributed by atoms with E-state index in [2.05, 4.69) is 59.0 Å². The Bertz CT molecular complexity index is 1570. The lowest BCUT2D eigenvalue weighted by Gasteiger charge is -2.19. The number of benzene rings is 3. The highest BCUT2D eigenvalue weighted by Crippen LogP contribution is 2.34. The maximum atomic E-state index is 12.7. The topological polar surface area (TPSA) is 120 Å². The molecule has 8 nitrogen and oxygen atoms in total. The second-order valence-corrected chi connectivity index (χ2v) is 11.1. The highest BCUT2D eigenvalue weighted by Gasteiger charge is 2.19. The van der Waals surface area contributed by atoms with Crippen molar-refractivity contribution in [1.29, 1.82) is 0 Å². The van der Waals surface area contributed by atoms with E-state index in [4.69, 9.17) is 0 Å². The zero-order chi connectivity index (χ0) is 30.8. The number of nitrogens with one attached hydrogen (secondary N) is 3. The zero-order valence-electron chi connectivity index (χ0n) is 25.0. The van der Waals surface area contributed by atoms with Gasteiger partial charge in [-0.2, -0.15) is 0 Å². The number of carbonyl (C=O) groups is 3. The molecule has 0 saturated heterocycles. The summed E-state index contributed by atoms with van der Waals surface area (Å²) < 4.78 is 0. The monoisotopic (exact) mass is 580 g/mol. The molecule has 1 aromatic heterocycles. The Morgan fingerprint density at radius 2 is 1.63 bits per heavy atom. The number of carboxylic acid groups (broad SMARTS) is 1. The largest absolute Gasteiger partial charge is 0.481 e. The minimum Gasteiger partial charge on any atom is -0.481 e. The van der Waals surface area contributed by atoms with E-state index in [1.54, 1.807) is 6.20 Å². The van der Waals surface area contributed by atoms with E-state index in [9.17, 15) is 19.5 Å². The Balaban J connectivity index is 1.31. The molecule has 0 radical (unpaired) electrons. The number of amides is 2.